The highest BCUT2D eigenvalue weighted by Crippen LogP contribution is 2.10. The van der Waals surface area contributed by atoms with E-state index in [9.17, 15) is 0 Å². The van der Waals surface area contributed by atoms with E-state index in [0.717, 1.165) is 8.73 Å². The summed E-state index contributed by atoms with van der Waals surface area (Å²) in [6.07, 6.45) is 2.82. The Hall–Kier alpha value is 0.350. The zero-order valence-electron chi connectivity index (χ0n) is 3.83. The topological polar surface area (TPSA) is 47.0 Å². The van der Waals surface area contributed by atoms with Gasteiger partial charge in [0, 0.05) is 0 Å². The quantitative estimate of drug-likeness (QED) is 0.447. The van der Waals surface area contributed by atoms with Gasteiger partial charge in [0.1, 0.15) is 0 Å². The minimum atomic E-state index is 0. The molecule has 0 aliphatic carbocycles. The summed E-state index contributed by atoms with van der Waals surface area (Å²) in [6, 6.07) is 0. The zero-order chi connectivity index (χ0) is 3.54. The molecule has 2 nitrogen and oxygen atoms in total. The third-order valence-corrected chi connectivity index (χ3v) is 1.83. The summed E-state index contributed by atoms with van der Waals surface area (Å²) in [5.74, 6) is 0. The molecule has 0 saturated carbocycles. The van der Waals surface area contributed by atoms with E-state index in [1.807, 2.05) is 0 Å². The second kappa shape index (κ2) is 3.54. The maximum Gasteiger partial charge on any atom is -0.000845 e. The van der Waals surface area contributed by atoms with Crippen molar-refractivity contribution in [1.29, 1.82) is 0 Å². The van der Waals surface area contributed by atoms with E-state index in [2.05, 4.69) is 5.09 Å². The first-order valence-electron chi connectivity index (χ1n) is 1.96. The lowest BCUT2D eigenvalue weighted by Gasteiger charge is -1.76. The van der Waals surface area contributed by atoms with Gasteiger partial charge in [-0.15, -0.1) is 0 Å². The molecule has 0 aromatic rings. The number of rotatable bonds is 0. The zero-order valence-corrected chi connectivity index (χ0v) is 4.83. The molecular formula is C3H11N2P. The van der Waals surface area contributed by atoms with E-state index in [1.54, 1.807) is 0 Å². The van der Waals surface area contributed by atoms with Crippen molar-refractivity contribution in [3.05, 3.63) is 0 Å². The van der Waals surface area contributed by atoms with Gasteiger partial charge in [-0.25, -0.2) is 0 Å². The average Bonchev–Trinajstić information content (AvgIpc) is 1.76. The predicted molar refractivity (Wildman–Crippen MR) is 30.8 cm³/mol. The molecule has 1 saturated heterocycles. The van der Waals surface area contributed by atoms with E-state index < -0.39 is 0 Å². The molecule has 1 fully saturated rings. The molecule has 1 atom stereocenters. The maximum absolute atomic E-state index is 3.25. The Balaban J connectivity index is 0.000000250. The summed E-state index contributed by atoms with van der Waals surface area (Å²) in [4.78, 5) is 0. The van der Waals surface area contributed by atoms with Gasteiger partial charge in [-0.3, -0.25) is 5.09 Å². The Morgan fingerprint density at radius 1 is 1.50 bits per heavy atom. The second-order valence-corrected chi connectivity index (χ2v) is 2.41. The van der Waals surface area contributed by atoms with Crippen LogP contribution in [0.2, 0.25) is 0 Å². The second-order valence-electron chi connectivity index (χ2n) is 1.21. The van der Waals surface area contributed by atoms with Crippen LogP contribution < -0.4 is 11.2 Å². The van der Waals surface area contributed by atoms with E-state index in [4.69, 9.17) is 0 Å². The Bertz CT molecular complexity index is 20.4. The van der Waals surface area contributed by atoms with Gasteiger partial charge < -0.3 is 6.15 Å². The van der Waals surface area contributed by atoms with Crippen LogP contribution in [-0.4, -0.2) is 12.7 Å². The summed E-state index contributed by atoms with van der Waals surface area (Å²) < 4.78 is 0. The van der Waals surface area contributed by atoms with Crippen molar-refractivity contribution in [2.45, 2.75) is 6.42 Å². The molecule has 6 heavy (non-hydrogen) atoms. The summed E-state index contributed by atoms with van der Waals surface area (Å²) in [5, 5.41) is 3.25. The number of hydrogen-bond donors (Lipinski definition) is 2. The molecule has 0 aromatic carbocycles. The van der Waals surface area contributed by atoms with Crippen LogP contribution in [0, 0.1) is 0 Å². The molecule has 0 aromatic heterocycles. The Kier molecular flexibility index (Phi) is 3.74. The van der Waals surface area contributed by atoms with E-state index in [0.29, 0.717) is 0 Å². The lowest BCUT2D eigenvalue weighted by atomic mass is 10.5. The number of hydrogen-bond acceptors (Lipinski definition) is 2. The van der Waals surface area contributed by atoms with Crippen LogP contribution in [0.5, 0.6) is 0 Å². The number of nitrogens with one attached hydrogen (secondary N) is 1. The van der Waals surface area contributed by atoms with Crippen molar-refractivity contribution in [1.82, 2.24) is 11.2 Å². The van der Waals surface area contributed by atoms with Gasteiger partial charge in [0.05, 0.1) is 0 Å². The fourth-order valence-corrected chi connectivity index (χ4v) is 1.33. The van der Waals surface area contributed by atoms with Gasteiger partial charge in [-0.2, -0.15) is 0 Å². The van der Waals surface area contributed by atoms with Crippen molar-refractivity contribution in [2.75, 3.05) is 12.7 Å². The Morgan fingerprint density at radius 3 is 2.50 bits per heavy atom. The van der Waals surface area contributed by atoms with Gasteiger partial charge >= 0.3 is 0 Å². The molecule has 0 amide bonds. The molecule has 3 heteroatoms. The van der Waals surface area contributed by atoms with Gasteiger partial charge in [0.2, 0.25) is 0 Å². The SMILES string of the molecule is C1CNPC1.N. The van der Waals surface area contributed by atoms with Crippen LogP contribution in [0.3, 0.4) is 0 Å². The summed E-state index contributed by atoms with van der Waals surface area (Å²) in [6.45, 7) is 1.26. The monoisotopic (exact) mass is 106 g/mol. The van der Waals surface area contributed by atoms with E-state index >= 15 is 0 Å². The molecule has 38 valence electrons. The standard InChI is InChI=1S/C3H8NP.H3N/c1-2-4-5-3-1;/h4-5H,1-3H2;1H3. The molecule has 1 heterocycles. The lowest BCUT2D eigenvalue weighted by molar-refractivity contribution is 0.940. The van der Waals surface area contributed by atoms with Crippen LogP contribution in [0.15, 0.2) is 0 Å². The third-order valence-electron chi connectivity index (χ3n) is 0.729. The molecule has 0 bridgehead atoms. The van der Waals surface area contributed by atoms with Gasteiger partial charge in [0.25, 0.3) is 0 Å². The van der Waals surface area contributed by atoms with Crippen molar-refractivity contribution in [3.63, 3.8) is 0 Å². The van der Waals surface area contributed by atoms with Crippen molar-refractivity contribution in [3.8, 4) is 0 Å². The fourth-order valence-electron chi connectivity index (χ4n) is 0.442. The van der Waals surface area contributed by atoms with Gasteiger partial charge in [0.15, 0.2) is 0 Å². The maximum atomic E-state index is 3.25. The molecule has 1 unspecified atom stereocenters. The van der Waals surface area contributed by atoms with E-state index in [-0.39, 0.29) is 6.15 Å². The van der Waals surface area contributed by atoms with Crippen LogP contribution in [0.25, 0.3) is 0 Å². The largest absolute Gasteiger partial charge is 0.344 e. The fraction of sp³-hybridized carbons (Fsp3) is 1.00. The summed E-state index contributed by atoms with van der Waals surface area (Å²) in [7, 11) is 1.06. The molecule has 1 aliphatic rings. The first kappa shape index (κ1) is 6.35. The summed E-state index contributed by atoms with van der Waals surface area (Å²) in [5.41, 5.74) is 0. The third kappa shape index (κ3) is 1.71. The molecule has 0 spiro atoms. The Labute approximate surface area is 40.1 Å². The highest BCUT2D eigenvalue weighted by molar-refractivity contribution is 7.35. The molecule has 0 radical (unpaired) electrons. The minimum Gasteiger partial charge on any atom is -0.344 e. The van der Waals surface area contributed by atoms with Crippen LogP contribution in [0.4, 0.5) is 0 Å². The normalized spacial score (nSPS) is 24.0. The summed E-state index contributed by atoms with van der Waals surface area (Å²) >= 11 is 0. The highest BCUT2D eigenvalue weighted by Gasteiger charge is 1.93. The molecule has 4 N–H and O–H groups in total. The molecule has 1 rings (SSSR count). The highest BCUT2D eigenvalue weighted by atomic mass is 31.1. The molecular weight excluding hydrogens is 95.0 g/mol. The van der Waals surface area contributed by atoms with Crippen LogP contribution in [0.1, 0.15) is 6.42 Å². The van der Waals surface area contributed by atoms with Crippen molar-refractivity contribution in [2.24, 2.45) is 0 Å². The van der Waals surface area contributed by atoms with Gasteiger partial charge in [-0.05, 0) is 19.1 Å². The van der Waals surface area contributed by atoms with Gasteiger partial charge in [-0.1, -0.05) is 8.73 Å². The first-order valence-corrected chi connectivity index (χ1v) is 3.16. The van der Waals surface area contributed by atoms with Crippen molar-refractivity contribution >= 4 is 8.73 Å². The Morgan fingerprint density at radius 2 is 2.33 bits per heavy atom. The van der Waals surface area contributed by atoms with Crippen LogP contribution in [-0.2, 0) is 0 Å². The average molecular weight is 106 g/mol. The lowest BCUT2D eigenvalue weighted by Crippen LogP contribution is -1.90. The minimum absolute atomic E-state index is 0. The van der Waals surface area contributed by atoms with Crippen LogP contribution >= 0.6 is 8.73 Å². The smallest absolute Gasteiger partial charge is 0.000845 e. The first-order chi connectivity index (χ1) is 2.50. The molecule has 1 aliphatic heterocycles. The predicted octanol–water partition coefficient (Wildman–Crippen LogP) is 0.735. The van der Waals surface area contributed by atoms with E-state index in [1.165, 1.54) is 19.1 Å². The van der Waals surface area contributed by atoms with Crippen molar-refractivity contribution < 1.29 is 0 Å².